The van der Waals surface area contributed by atoms with Gasteiger partial charge in [0, 0.05) is 33.5 Å². The summed E-state index contributed by atoms with van der Waals surface area (Å²) in [6.07, 6.45) is 0. The molecule has 0 aliphatic rings. The number of hydrogen-bond donors (Lipinski definition) is 0. The molecule has 0 N–H and O–H groups in total. The minimum atomic E-state index is 1.10. The second-order valence-corrected chi connectivity index (χ2v) is 20.1. The zero-order chi connectivity index (χ0) is 51.8. The van der Waals surface area contributed by atoms with E-state index in [0.717, 1.165) is 33.9 Å². The molecule has 2 nitrogen and oxygen atoms in total. The van der Waals surface area contributed by atoms with E-state index in [4.69, 9.17) is 0 Å². The Labute approximate surface area is 455 Å². The lowest BCUT2D eigenvalue weighted by Crippen LogP contribution is -2.09. The van der Waals surface area contributed by atoms with Crippen molar-refractivity contribution in [2.75, 3.05) is 4.90 Å². The van der Waals surface area contributed by atoms with Crippen LogP contribution in [0.15, 0.2) is 315 Å². The van der Waals surface area contributed by atoms with Gasteiger partial charge in [-0.1, -0.05) is 243 Å². The third kappa shape index (κ3) is 8.81. The van der Waals surface area contributed by atoms with Crippen molar-refractivity contribution in [3.63, 3.8) is 0 Å². The topological polar surface area (TPSA) is 8.17 Å². The molecule has 0 spiro atoms. The van der Waals surface area contributed by atoms with Crippen LogP contribution < -0.4 is 4.90 Å². The van der Waals surface area contributed by atoms with Gasteiger partial charge in [-0.2, -0.15) is 0 Å². The number of rotatable bonds is 11. The minimum absolute atomic E-state index is 1.10. The Bertz CT molecular complexity index is 4420. The summed E-state index contributed by atoms with van der Waals surface area (Å²) in [6.45, 7) is 0. The van der Waals surface area contributed by atoms with E-state index < -0.39 is 0 Å². The number of anilines is 3. The van der Waals surface area contributed by atoms with Crippen LogP contribution in [0.5, 0.6) is 0 Å². The lowest BCUT2D eigenvalue weighted by Gasteiger charge is -2.26. The number of nitrogens with zero attached hydrogens (tertiary/aromatic N) is 2. The Hall–Kier alpha value is -10.3. The quantitative estimate of drug-likeness (QED) is 0.125. The summed E-state index contributed by atoms with van der Waals surface area (Å²) < 4.78 is 2.46. The van der Waals surface area contributed by atoms with Gasteiger partial charge in [0.1, 0.15) is 0 Å². The summed E-state index contributed by atoms with van der Waals surface area (Å²) in [7, 11) is 0. The lowest BCUT2D eigenvalue weighted by atomic mass is 9.93. The Morgan fingerprint density at radius 1 is 0.205 bits per heavy atom. The fourth-order valence-electron chi connectivity index (χ4n) is 11.4. The number of hydrogen-bond acceptors (Lipinski definition) is 1. The van der Waals surface area contributed by atoms with Gasteiger partial charge in [0.15, 0.2) is 0 Å². The highest BCUT2D eigenvalue weighted by molar-refractivity contribution is 6.11. The molecule has 14 aromatic rings. The van der Waals surface area contributed by atoms with Gasteiger partial charge in [0.05, 0.1) is 11.0 Å². The largest absolute Gasteiger partial charge is 0.310 e. The van der Waals surface area contributed by atoms with Crippen molar-refractivity contribution in [3.8, 4) is 83.6 Å². The number of benzene rings is 13. The van der Waals surface area contributed by atoms with Gasteiger partial charge >= 0.3 is 0 Å². The molecule has 13 aromatic carbocycles. The summed E-state index contributed by atoms with van der Waals surface area (Å²) >= 11 is 0. The average molecular weight is 993 g/mol. The van der Waals surface area contributed by atoms with Crippen molar-refractivity contribution < 1.29 is 0 Å². The predicted octanol–water partition coefficient (Wildman–Crippen LogP) is 21.1. The normalized spacial score (nSPS) is 11.3. The van der Waals surface area contributed by atoms with Crippen LogP contribution in [0.25, 0.3) is 116 Å². The first-order chi connectivity index (χ1) is 38.6. The summed E-state index contributed by atoms with van der Waals surface area (Å²) in [5, 5.41) is 4.92. The van der Waals surface area contributed by atoms with E-state index in [1.807, 2.05) is 0 Å². The van der Waals surface area contributed by atoms with Gasteiger partial charge in [-0.25, -0.2) is 0 Å². The zero-order valence-corrected chi connectivity index (χ0v) is 42.9. The molecule has 78 heavy (non-hydrogen) atoms. The van der Waals surface area contributed by atoms with E-state index in [1.165, 1.54) is 99.3 Å². The van der Waals surface area contributed by atoms with Crippen LogP contribution in [-0.2, 0) is 0 Å². The molecular formula is C76H52N2. The van der Waals surface area contributed by atoms with Crippen molar-refractivity contribution in [2.45, 2.75) is 0 Å². The van der Waals surface area contributed by atoms with Crippen molar-refractivity contribution in [1.82, 2.24) is 4.57 Å². The van der Waals surface area contributed by atoms with Crippen LogP contribution in [-0.4, -0.2) is 4.57 Å². The van der Waals surface area contributed by atoms with Crippen molar-refractivity contribution >= 4 is 49.6 Å². The first-order valence-electron chi connectivity index (χ1n) is 26.8. The van der Waals surface area contributed by atoms with Gasteiger partial charge in [-0.05, 0) is 161 Å². The molecule has 1 heterocycles. The van der Waals surface area contributed by atoms with Crippen LogP contribution in [0.2, 0.25) is 0 Å². The molecule has 0 aliphatic carbocycles. The van der Waals surface area contributed by atoms with Crippen molar-refractivity contribution in [1.29, 1.82) is 0 Å². The van der Waals surface area contributed by atoms with E-state index in [2.05, 4.69) is 325 Å². The molecule has 0 fully saturated rings. The van der Waals surface area contributed by atoms with Gasteiger partial charge in [0.2, 0.25) is 0 Å². The molecule has 366 valence electrons. The molecule has 0 atom stereocenters. The highest BCUT2D eigenvalue weighted by atomic mass is 15.1. The van der Waals surface area contributed by atoms with Gasteiger partial charge in [-0.3, -0.25) is 0 Å². The maximum atomic E-state index is 2.46. The van der Waals surface area contributed by atoms with E-state index in [0.29, 0.717) is 0 Å². The maximum absolute atomic E-state index is 2.46. The first kappa shape index (κ1) is 46.3. The molecule has 0 unspecified atom stereocenters. The van der Waals surface area contributed by atoms with E-state index in [1.54, 1.807) is 0 Å². The highest BCUT2D eigenvalue weighted by Gasteiger charge is 2.18. The number of para-hydroxylation sites is 2. The van der Waals surface area contributed by atoms with E-state index in [9.17, 15) is 0 Å². The third-order valence-corrected chi connectivity index (χ3v) is 15.4. The Kier molecular flexibility index (Phi) is 11.9. The van der Waals surface area contributed by atoms with Gasteiger partial charge in [0.25, 0.3) is 0 Å². The van der Waals surface area contributed by atoms with Crippen molar-refractivity contribution in [2.24, 2.45) is 0 Å². The summed E-state index contributed by atoms with van der Waals surface area (Å²) in [4.78, 5) is 2.34. The van der Waals surface area contributed by atoms with Gasteiger partial charge in [-0.15, -0.1) is 0 Å². The fourth-order valence-corrected chi connectivity index (χ4v) is 11.4. The van der Waals surface area contributed by atoms with Crippen LogP contribution in [0.4, 0.5) is 17.1 Å². The van der Waals surface area contributed by atoms with E-state index in [-0.39, 0.29) is 0 Å². The van der Waals surface area contributed by atoms with Crippen LogP contribution in [0, 0.1) is 0 Å². The molecule has 0 saturated heterocycles. The van der Waals surface area contributed by atoms with Crippen LogP contribution in [0.3, 0.4) is 0 Å². The number of fused-ring (bicyclic) bond motifs is 4. The third-order valence-electron chi connectivity index (χ3n) is 15.4. The Morgan fingerprint density at radius 3 is 1.23 bits per heavy atom. The van der Waals surface area contributed by atoms with Gasteiger partial charge < -0.3 is 9.47 Å². The smallest absolute Gasteiger partial charge is 0.0541 e. The summed E-state index contributed by atoms with van der Waals surface area (Å²) in [5.41, 5.74) is 23.4. The summed E-state index contributed by atoms with van der Waals surface area (Å²) in [5.74, 6) is 0. The molecule has 0 bridgehead atoms. The van der Waals surface area contributed by atoms with Crippen LogP contribution >= 0.6 is 0 Å². The minimum Gasteiger partial charge on any atom is -0.310 e. The average Bonchev–Trinajstić information content (AvgIpc) is 4.07. The first-order valence-corrected chi connectivity index (χ1v) is 26.8. The second-order valence-electron chi connectivity index (χ2n) is 20.1. The lowest BCUT2D eigenvalue weighted by molar-refractivity contribution is 1.18. The Balaban J connectivity index is 0.795. The Morgan fingerprint density at radius 2 is 0.603 bits per heavy atom. The maximum Gasteiger partial charge on any atom is 0.0541 e. The summed E-state index contributed by atoms with van der Waals surface area (Å²) in [6, 6.07) is 115. The van der Waals surface area contributed by atoms with Crippen LogP contribution in [0.1, 0.15) is 0 Å². The number of aromatic nitrogens is 1. The standard InChI is InChI=1S/C76H52N2/c1-4-16-53(17-5-1)55-30-32-57(33-31-55)58-42-45-68(46-43-58)77(67-23-8-3-9-24-67)69-25-14-22-63(49-69)59-36-38-60(39-37-59)64-44-47-76-74(52-64)73-27-12-13-29-75(73)78(76)70-50-65(61-40-34-56(35-41-61)54-18-6-2-7-19-54)48-66(51-70)72-28-15-21-62-20-10-11-26-71(62)72/h1-52H. The molecule has 0 saturated carbocycles. The monoisotopic (exact) mass is 992 g/mol. The molecular weight excluding hydrogens is 941 g/mol. The molecule has 1 aromatic heterocycles. The molecule has 2 heteroatoms. The molecule has 0 aliphatic heterocycles. The fraction of sp³-hybridized carbons (Fsp3) is 0. The van der Waals surface area contributed by atoms with E-state index >= 15 is 0 Å². The van der Waals surface area contributed by atoms with Crippen molar-refractivity contribution in [3.05, 3.63) is 315 Å². The molecule has 0 radical (unpaired) electrons. The highest BCUT2D eigenvalue weighted by Crippen LogP contribution is 2.42. The second kappa shape index (κ2) is 20.1. The SMILES string of the molecule is c1ccc(-c2ccc(-c3ccc(N(c4ccccc4)c4cccc(-c5ccc(-c6ccc7c(c6)c6ccccc6n7-c6cc(-c7ccc(-c8ccccc8)cc7)cc(-c7cccc8ccccc78)c6)cc5)c4)cc3)cc2)cc1. The molecule has 0 amide bonds. The predicted molar refractivity (Wildman–Crippen MR) is 331 cm³/mol. The zero-order valence-electron chi connectivity index (χ0n) is 42.9. The molecule has 14 rings (SSSR count).